The Kier molecular flexibility index (Phi) is 2.22. The minimum absolute atomic E-state index is 0.185. The van der Waals surface area contributed by atoms with E-state index in [2.05, 4.69) is 22.5 Å². The van der Waals surface area contributed by atoms with Gasteiger partial charge in [0.25, 0.3) is 0 Å². The van der Waals surface area contributed by atoms with Gasteiger partial charge < -0.3 is 16.8 Å². The highest BCUT2D eigenvalue weighted by atomic mass is 32.1. The molecule has 5 heteroatoms. The van der Waals surface area contributed by atoms with Gasteiger partial charge in [0, 0.05) is 6.20 Å². The molecule has 0 saturated heterocycles. The van der Waals surface area contributed by atoms with E-state index < -0.39 is 0 Å². The Labute approximate surface area is 69.6 Å². The molecule has 1 aromatic heterocycles. The van der Waals surface area contributed by atoms with Crippen LogP contribution in [0.5, 0.6) is 0 Å². The first-order chi connectivity index (χ1) is 5.20. The Morgan fingerprint density at radius 3 is 2.91 bits per heavy atom. The zero-order valence-electron chi connectivity index (χ0n) is 5.74. The predicted octanol–water partition coefficient (Wildman–Crippen LogP) is 0.319. The van der Waals surface area contributed by atoms with Gasteiger partial charge in [-0.1, -0.05) is 0 Å². The van der Waals surface area contributed by atoms with Crippen LogP contribution in [0.3, 0.4) is 0 Å². The Morgan fingerprint density at radius 2 is 2.36 bits per heavy atom. The van der Waals surface area contributed by atoms with E-state index in [0.29, 0.717) is 11.4 Å². The summed E-state index contributed by atoms with van der Waals surface area (Å²) in [4.78, 5) is 3.84. The first kappa shape index (κ1) is 7.74. The third kappa shape index (κ3) is 2.05. The lowest BCUT2D eigenvalue weighted by atomic mass is 10.3. The minimum atomic E-state index is 0.185. The van der Waals surface area contributed by atoms with Crippen LogP contribution in [0.15, 0.2) is 18.5 Å². The molecule has 11 heavy (non-hydrogen) atoms. The van der Waals surface area contributed by atoms with Crippen LogP contribution in [-0.4, -0.2) is 10.1 Å². The number of thiocarbonyl (C=S) groups is 1. The summed E-state index contributed by atoms with van der Waals surface area (Å²) in [5.41, 5.74) is 12.0. The smallest absolute Gasteiger partial charge is 0.168 e. The van der Waals surface area contributed by atoms with E-state index in [4.69, 9.17) is 11.5 Å². The van der Waals surface area contributed by atoms with Crippen molar-refractivity contribution in [2.75, 3.05) is 11.1 Å². The topological polar surface area (TPSA) is 77.0 Å². The molecular formula is C6H8N4S. The van der Waals surface area contributed by atoms with E-state index in [1.54, 1.807) is 18.5 Å². The van der Waals surface area contributed by atoms with Crippen LogP contribution in [0, 0.1) is 0 Å². The molecule has 4 nitrogen and oxygen atoms in total. The molecule has 0 aliphatic heterocycles. The molecule has 0 saturated carbocycles. The van der Waals surface area contributed by atoms with Crippen molar-refractivity contribution in [3.63, 3.8) is 0 Å². The fraction of sp³-hybridized carbons (Fsp3) is 0. The highest BCUT2D eigenvalue weighted by Crippen LogP contribution is 2.13. The molecule has 0 aromatic carbocycles. The normalized spacial score (nSPS) is 9.09. The number of nitrogens with two attached hydrogens (primary N) is 2. The number of aromatic nitrogens is 1. The Bertz CT molecular complexity index is 273. The molecule has 0 fully saturated rings. The van der Waals surface area contributed by atoms with Gasteiger partial charge in [-0.25, -0.2) is 0 Å². The lowest BCUT2D eigenvalue weighted by Gasteiger charge is -2.04. The molecule has 0 bridgehead atoms. The highest BCUT2D eigenvalue weighted by molar-refractivity contribution is 7.80. The number of hydrogen-bond acceptors (Lipinski definition) is 3. The van der Waals surface area contributed by atoms with Gasteiger partial charge in [-0.2, -0.15) is 0 Å². The third-order valence-electron chi connectivity index (χ3n) is 1.11. The molecule has 1 rings (SSSR count). The summed E-state index contributed by atoms with van der Waals surface area (Å²) in [5, 5.41) is 2.88. The van der Waals surface area contributed by atoms with Crippen LogP contribution in [0.25, 0.3) is 0 Å². The molecule has 58 valence electrons. The van der Waals surface area contributed by atoms with Crippen LogP contribution in [0.2, 0.25) is 0 Å². The number of rotatable bonds is 1. The number of nitrogen functional groups attached to an aromatic ring is 1. The fourth-order valence-corrected chi connectivity index (χ4v) is 0.752. The second kappa shape index (κ2) is 3.16. The summed E-state index contributed by atoms with van der Waals surface area (Å²) in [7, 11) is 0. The molecule has 1 aromatic rings. The zero-order valence-corrected chi connectivity index (χ0v) is 6.56. The minimum Gasteiger partial charge on any atom is -0.397 e. The molecule has 0 unspecified atom stereocenters. The van der Waals surface area contributed by atoms with Crippen LogP contribution in [0.1, 0.15) is 0 Å². The van der Waals surface area contributed by atoms with E-state index in [1.807, 2.05) is 0 Å². The first-order valence-corrected chi connectivity index (χ1v) is 3.37. The van der Waals surface area contributed by atoms with Crippen LogP contribution < -0.4 is 16.8 Å². The summed E-state index contributed by atoms with van der Waals surface area (Å²) >= 11 is 4.62. The van der Waals surface area contributed by atoms with Gasteiger partial charge in [-0.05, 0) is 18.3 Å². The maximum atomic E-state index is 5.55. The quantitative estimate of drug-likeness (QED) is 0.526. The molecule has 0 atom stereocenters. The van der Waals surface area contributed by atoms with Gasteiger partial charge in [0.1, 0.15) is 0 Å². The van der Waals surface area contributed by atoms with E-state index in [0.717, 1.165) is 0 Å². The lowest BCUT2D eigenvalue weighted by molar-refractivity contribution is 1.33. The number of pyridine rings is 1. The predicted molar refractivity (Wildman–Crippen MR) is 49.1 cm³/mol. The van der Waals surface area contributed by atoms with E-state index in [-0.39, 0.29) is 5.11 Å². The lowest BCUT2D eigenvalue weighted by Crippen LogP contribution is -2.19. The Balaban J connectivity index is 2.86. The van der Waals surface area contributed by atoms with Gasteiger partial charge >= 0.3 is 0 Å². The van der Waals surface area contributed by atoms with Crippen molar-refractivity contribution in [1.82, 2.24) is 4.98 Å². The largest absolute Gasteiger partial charge is 0.397 e. The summed E-state index contributed by atoms with van der Waals surface area (Å²) in [6.45, 7) is 0. The van der Waals surface area contributed by atoms with Gasteiger partial charge in [0.05, 0.1) is 17.6 Å². The number of nitrogens with zero attached hydrogens (tertiary/aromatic N) is 1. The maximum Gasteiger partial charge on any atom is 0.168 e. The first-order valence-electron chi connectivity index (χ1n) is 2.96. The van der Waals surface area contributed by atoms with Crippen molar-refractivity contribution in [1.29, 1.82) is 0 Å². The molecule has 1 heterocycles. The Hall–Kier alpha value is -1.36. The number of hydrogen-bond donors (Lipinski definition) is 3. The maximum absolute atomic E-state index is 5.55. The van der Waals surface area contributed by atoms with Crippen molar-refractivity contribution in [2.24, 2.45) is 5.73 Å². The molecule has 0 radical (unpaired) electrons. The van der Waals surface area contributed by atoms with Crippen LogP contribution in [0.4, 0.5) is 11.4 Å². The fourth-order valence-electron chi connectivity index (χ4n) is 0.642. The molecule has 0 amide bonds. The van der Waals surface area contributed by atoms with Gasteiger partial charge in [-0.3, -0.25) is 4.98 Å². The average molecular weight is 168 g/mol. The molecular weight excluding hydrogens is 160 g/mol. The molecule has 0 aliphatic carbocycles. The second-order valence-electron chi connectivity index (χ2n) is 1.95. The van der Waals surface area contributed by atoms with E-state index in [9.17, 15) is 0 Å². The van der Waals surface area contributed by atoms with Crippen molar-refractivity contribution < 1.29 is 0 Å². The monoisotopic (exact) mass is 168 g/mol. The van der Waals surface area contributed by atoms with E-state index in [1.165, 1.54) is 0 Å². The summed E-state index contributed by atoms with van der Waals surface area (Å²) in [6, 6.07) is 1.67. The number of nitrogens with one attached hydrogen (secondary N) is 1. The van der Waals surface area contributed by atoms with Gasteiger partial charge in [-0.15, -0.1) is 0 Å². The zero-order chi connectivity index (χ0) is 8.27. The van der Waals surface area contributed by atoms with Gasteiger partial charge in [0.2, 0.25) is 0 Å². The van der Waals surface area contributed by atoms with Crippen molar-refractivity contribution in [3.05, 3.63) is 18.5 Å². The summed E-state index contributed by atoms with van der Waals surface area (Å²) in [5.74, 6) is 0. The Morgan fingerprint density at radius 1 is 1.64 bits per heavy atom. The summed E-state index contributed by atoms with van der Waals surface area (Å²) < 4.78 is 0. The average Bonchev–Trinajstić information content (AvgIpc) is 1.93. The molecule has 0 spiro atoms. The third-order valence-corrected chi connectivity index (χ3v) is 1.21. The summed E-state index contributed by atoms with van der Waals surface area (Å²) in [6.07, 6.45) is 3.16. The highest BCUT2D eigenvalue weighted by Gasteiger charge is 1.96. The standard InChI is InChI=1S/C6H8N4S/c7-4-1-2-9-3-5(4)10-6(8)11/h1-3H,(H2,7,9)(H3,8,10,11). The van der Waals surface area contributed by atoms with Gasteiger partial charge in [0.15, 0.2) is 5.11 Å². The number of anilines is 2. The van der Waals surface area contributed by atoms with Crippen molar-refractivity contribution >= 4 is 28.7 Å². The van der Waals surface area contributed by atoms with Crippen LogP contribution in [-0.2, 0) is 0 Å². The van der Waals surface area contributed by atoms with Crippen LogP contribution >= 0.6 is 12.2 Å². The second-order valence-corrected chi connectivity index (χ2v) is 2.39. The van der Waals surface area contributed by atoms with Crippen molar-refractivity contribution in [3.8, 4) is 0 Å². The van der Waals surface area contributed by atoms with Crippen molar-refractivity contribution in [2.45, 2.75) is 0 Å². The molecule has 5 N–H and O–H groups in total. The van der Waals surface area contributed by atoms with E-state index >= 15 is 0 Å². The SMILES string of the molecule is NC(=S)Nc1cnccc1N. The molecule has 0 aliphatic rings.